The molecule has 0 rings (SSSR count). The zero-order chi connectivity index (χ0) is 20.1. The fourth-order valence-corrected chi connectivity index (χ4v) is 2.45. The molecule has 8 nitrogen and oxygen atoms in total. The Morgan fingerprint density at radius 2 is 0.808 bits per heavy atom. The summed E-state index contributed by atoms with van der Waals surface area (Å²) in [6.45, 7) is 8.84. The first kappa shape index (κ1) is 23.9. The summed E-state index contributed by atoms with van der Waals surface area (Å²) in [4.78, 5) is 48.2. The summed E-state index contributed by atoms with van der Waals surface area (Å²) in [5.41, 5.74) is 0. The topological polar surface area (TPSA) is 105 Å². The lowest BCUT2D eigenvalue weighted by atomic mass is 9.88. The van der Waals surface area contributed by atoms with Gasteiger partial charge < -0.3 is 18.9 Å². The monoisotopic (exact) mass is 374 g/mol. The molecule has 0 saturated carbocycles. The standard InChI is InChI=1S/C18H30O8/c1-6-23-15(19)13(16(20)24-7-2)10-12(5)11-14(17(21)25-8-3)18(22)26-9-4/h12-14H,6-11H2,1-5H3. The Morgan fingerprint density at radius 1 is 0.577 bits per heavy atom. The number of hydrogen-bond acceptors (Lipinski definition) is 8. The minimum atomic E-state index is -1.10. The van der Waals surface area contributed by atoms with Crippen LogP contribution in [0.3, 0.4) is 0 Å². The van der Waals surface area contributed by atoms with Crippen LogP contribution in [0.2, 0.25) is 0 Å². The van der Waals surface area contributed by atoms with E-state index >= 15 is 0 Å². The highest BCUT2D eigenvalue weighted by molar-refractivity contribution is 5.95. The molecule has 0 fully saturated rings. The Morgan fingerprint density at radius 3 is 1.00 bits per heavy atom. The summed E-state index contributed by atoms with van der Waals surface area (Å²) in [6, 6.07) is 0. The van der Waals surface area contributed by atoms with Gasteiger partial charge >= 0.3 is 23.9 Å². The van der Waals surface area contributed by atoms with Gasteiger partial charge in [-0.25, -0.2) is 0 Å². The molecule has 0 aromatic carbocycles. The van der Waals surface area contributed by atoms with Gasteiger partial charge in [0.2, 0.25) is 0 Å². The lowest BCUT2D eigenvalue weighted by Gasteiger charge is -2.21. The van der Waals surface area contributed by atoms with E-state index in [1.807, 2.05) is 0 Å². The highest BCUT2D eigenvalue weighted by Gasteiger charge is 2.35. The molecule has 26 heavy (non-hydrogen) atoms. The van der Waals surface area contributed by atoms with Crippen molar-refractivity contribution in [1.29, 1.82) is 0 Å². The summed E-state index contributed by atoms with van der Waals surface area (Å²) in [6.07, 6.45) is 0.181. The third-order valence-corrected chi connectivity index (χ3v) is 3.56. The van der Waals surface area contributed by atoms with Crippen molar-refractivity contribution < 1.29 is 38.1 Å². The Hall–Kier alpha value is -2.12. The molecule has 0 heterocycles. The van der Waals surface area contributed by atoms with Crippen molar-refractivity contribution in [2.45, 2.75) is 47.5 Å². The molecule has 0 aliphatic carbocycles. The molecule has 0 spiro atoms. The Labute approximate surface area is 154 Å². The second-order valence-electron chi connectivity index (χ2n) is 5.69. The zero-order valence-corrected chi connectivity index (χ0v) is 16.2. The van der Waals surface area contributed by atoms with Crippen LogP contribution >= 0.6 is 0 Å². The van der Waals surface area contributed by atoms with Crippen LogP contribution in [0.25, 0.3) is 0 Å². The first-order chi connectivity index (χ1) is 12.3. The van der Waals surface area contributed by atoms with Crippen LogP contribution in [-0.4, -0.2) is 50.3 Å². The van der Waals surface area contributed by atoms with E-state index in [9.17, 15) is 19.2 Å². The lowest BCUT2D eigenvalue weighted by molar-refractivity contribution is -0.162. The predicted molar refractivity (Wildman–Crippen MR) is 91.9 cm³/mol. The Kier molecular flexibility index (Phi) is 12.1. The second-order valence-corrected chi connectivity index (χ2v) is 5.69. The van der Waals surface area contributed by atoms with Crippen molar-refractivity contribution in [3.05, 3.63) is 0 Å². The molecule has 0 radical (unpaired) electrons. The molecular formula is C18H30O8. The van der Waals surface area contributed by atoms with E-state index < -0.39 is 35.7 Å². The number of esters is 4. The van der Waals surface area contributed by atoms with Gasteiger partial charge in [0.05, 0.1) is 26.4 Å². The van der Waals surface area contributed by atoms with Crippen molar-refractivity contribution in [2.75, 3.05) is 26.4 Å². The van der Waals surface area contributed by atoms with E-state index in [-0.39, 0.29) is 45.2 Å². The van der Waals surface area contributed by atoms with Crippen LogP contribution in [-0.2, 0) is 38.1 Å². The molecule has 0 amide bonds. The van der Waals surface area contributed by atoms with Crippen LogP contribution in [0, 0.1) is 17.8 Å². The fraction of sp³-hybridized carbons (Fsp3) is 0.778. The van der Waals surface area contributed by atoms with Crippen molar-refractivity contribution in [1.82, 2.24) is 0 Å². The van der Waals surface area contributed by atoms with Crippen molar-refractivity contribution in [3.63, 3.8) is 0 Å². The van der Waals surface area contributed by atoms with Crippen molar-refractivity contribution in [2.24, 2.45) is 17.8 Å². The fourth-order valence-electron chi connectivity index (χ4n) is 2.45. The molecule has 0 aromatic heterocycles. The van der Waals surface area contributed by atoms with E-state index in [1.165, 1.54) is 0 Å². The molecule has 0 unspecified atom stereocenters. The maximum Gasteiger partial charge on any atom is 0.320 e. The SMILES string of the molecule is CCOC(=O)C(CC(C)CC(C(=O)OCC)C(=O)OCC)C(=O)OCC. The first-order valence-corrected chi connectivity index (χ1v) is 8.98. The number of carbonyl (C=O) groups excluding carboxylic acids is 4. The van der Waals surface area contributed by atoms with E-state index in [0.29, 0.717) is 0 Å². The third-order valence-electron chi connectivity index (χ3n) is 3.56. The first-order valence-electron chi connectivity index (χ1n) is 8.98. The van der Waals surface area contributed by atoms with Gasteiger partial charge in [-0.15, -0.1) is 0 Å². The number of hydrogen-bond donors (Lipinski definition) is 0. The maximum atomic E-state index is 12.0. The summed E-state index contributed by atoms with van der Waals surface area (Å²) >= 11 is 0. The molecule has 0 N–H and O–H groups in total. The van der Waals surface area contributed by atoms with Gasteiger partial charge in [0, 0.05) is 0 Å². The zero-order valence-electron chi connectivity index (χ0n) is 16.2. The van der Waals surface area contributed by atoms with E-state index in [0.717, 1.165) is 0 Å². The van der Waals surface area contributed by atoms with Crippen LogP contribution in [0.4, 0.5) is 0 Å². The highest BCUT2D eigenvalue weighted by atomic mass is 16.6. The molecule has 0 bridgehead atoms. The quantitative estimate of drug-likeness (QED) is 0.290. The van der Waals surface area contributed by atoms with Gasteiger partial charge in [-0.2, -0.15) is 0 Å². The number of rotatable bonds is 12. The van der Waals surface area contributed by atoms with Gasteiger partial charge in [0.25, 0.3) is 0 Å². The smallest absolute Gasteiger partial charge is 0.320 e. The van der Waals surface area contributed by atoms with E-state index in [4.69, 9.17) is 18.9 Å². The van der Waals surface area contributed by atoms with Crippen molar-refractivity contribution >= 4 is 23.9 Å². The summed E-state index contributed by atoms with van der Waals surface area (Å²) in [5.74, 6) is -5.25. The molecule has 8 heteroatoms. The molecule has 0 aliphatic rings. The average molecular weight is 374 g/mol. The second kappa shape index (κ2) is 13.1. The van der Waals surface area contributed by atoms with Gasteiger partial charge in [-0.1, -0.05) is 6.92 Å². The third kappa shape index (κ3) is 8.31. The Bertz CT molecular complexity index is 396. The average Bonchev–Trinajstić information content (AvgIpc) is 2.58. The van der Waals surface area contributed by atoms with Crippen LogP contribution in [0.5, 0.6) is 0 Å². The predicted octanol–water partition coefficient (Wildman–Crippen LogP) is 1.89. The maximum absolute atomic E-state index is 12.0. The molecular weight excluding hydrogens is 344 g/mol. The number of carbonyl (C=O) groups is 4. The normalized spacial score (nSPS) is 10.8. The largest absolute Gasteiger partial charge is 0.465 e. The van der Waals surface area contributed by atoms with Gasteiger partial charge in [0.15, 0.2) is 11.8 Å². The van der Waals surface area contributed by atoms with Gasteiger partial charge in [0.1, 0.15) is 0 Å². The number of ether oxygens (including phenoxy) is 4. The summed E-state index contributed by atoms with van der Waals surface area (Å²) in [7, 11) is 0. The van der Waals surface area contributed by atoms with Crippen LogP contribution in [0.1, 0.15) is 47.5 Å². The van der Waals surface area contributed by atoms with Gasteiger partial charge in [-0.05, 0) is 46.5 Å². The van der Waals surface area contributed by atoms with Gasteiger partial charge in [-0.3, -0.25) is 19.2 Å². The minimum absolute atomic E-state index is 0.0903. The highest BCUT2D eigenvalue weighted by Crippen LogP contribution is 2.24. The Balaban J connectivity index is 5.13. The molecule has 150 valence electrons. The minimum Gasteiger partial charge on any atom is -0.465 e. The summed E-state index contributed by atoms with van der Waals surface area (Å²) in [5, 5.41) is 0. The lowest BCUT2D eigenvalue weighted by Crippen LogP contribution is -2.33. The molecule has 0 aromatic rings. The van der Waals surface area contributed by atoms with Crippen LogP contribution < -0.4 is 0 Å². The summed E-state index contributed by atoms with van der Waals surface area (Å²) < 4.78 is 19.7. The molecule has 0 aliphatic heterocycles. The molecule has 0 atom stereocenters. The van der Waals surface area contributed by atoms with E-state index in [2.05, 4.69) is 0 Å². The van der Waals surface area contributed by atoms with Crippen molar-refractivity contribution in [3.8, 4) is 0 Å². The molecule has 0 saturated heterocycles. The van der Waals surface area contributed by atoms with E-state index in [1.54, 1.807) is 34.6 Å². The van der Waals surface area contributed by atoms with Crippen LogP contribution in [0.15, 0.2) is 0 Å².